The van der Waals surface area contributed by atoms with Crippen LogP contribution in [0, 0.1) is 0 Å². The minimum atomic E-state index is -0.401. The van der Waals surface area contributed by atoms with Crippen molar-refractivity contribution in [2.45, 2.75) is 18.6 Å². The highest BCUT2D eigenvalue weighted by Gasteiger charge is 2.23. The summed E-state index contributed by atoms with van der Waals surface area (Å²) in [6, 6.07) is 0. The normalized spacial score (nSPS) is 27.8. The lowest BCUT2D eigenvalue weighted by molar-refractivity contribution is 0.0951. The van der Waals surface area contributed by atoms with E-state index < -0.39 is 6.10 Å². The molecule has 1 fully saturated rings. The quantitative estimate of drug-likeness (QED) is 0.653. The van der Waals surface area contributed by atoms with E-state index in [2.05, 4.69) is 4.90 Å². The zero-order valence-corrected chi connectivity index (χ0v) is 8.13. The molecule has 1 heterocycles. The molecule has 3 nitrogen and oxygen atoms in total. The Bertz CT molecular complexity index is 134. The van der Waals surface area contributed by atoms with Crippen molar-refractivity contribution in [3.8, 4) is 0 Å². The highest BCUT2D eigenvalue weighted by Crippen LogP contribution is 2.11. The predicted octanol–water partition coefficient (Wildman–Crippen LogP) is 0.307. The fourth-order valence-corrected chi connectivity index (χ4v) is 1.60. The molecular formula is C8H16ClNO2. The fraction of sp³-hybridized carbons (Fsp3) is 1.00. The Kier molecular flexibility index (Phi) is 4.29. The van der Waals surface area contributed by atoms with Gasteiger partial charge in [-0.3, -0.25) is 4.90 Å². The van der Waals surface area contributed by atoms with Crippen molar-refractivity contribution in [3.63, 3.8) is 0 Å². The van der Waals surface area contributed by atoms with E-state index in [9.17, 15) is 5.11 Å². The number of hydrogen-bond donors (Lipinski definition) is 1. The number of likely N-dealkylation sites (tertiary alicyclic amines) is 1. The fourth-order valence-electron chi connectivity index (χ4n) is 1.50. The van der Waals surface area contributed by atoms with Gasteiger partial charge in [0, 0.05) is 32.6 Å². The highest BCUT2D eigenvalue weighted by atomic mass is 35.5. The number of ether oxygens (including phenoxy) is 1. The van der Waals surface area contributed by atoms with Crippen molar-refractivity contribution in [1.29, 1.82) is 0 Å². The van der Waals surface area contributed by atoms with E-state index in [4.69, 9.17) is 16.3 Å². The topological polar surface area (TPSA) is 32.7 Å². The lowest BCUT2D eigenvalue weighted by Gasteiger charge is -2.17. The third kappa shape index (κ3) is 2.90. The molecule has 0 amide bonds. The van der Waals surface area contributed by atoms with Crippen LogP contribution in [0.3, 0.4) is 0 Å². The second-order valence-electron chi connectivity index (χ2n) is 3.21. The molecule has 1 aliphatic heterocycles. The van der Waals surface area contributed by atoms with Crippen LogP contribution < -0.4 is 0 Å². The molecule has 0 saturated carbocycles. The maximum absolute atomic E-state index is 9.26. The van der Waals surface area contributed by atoms with Crippen molar-refractivity contribution < 1.29 is 9.84 Å². The third-order valence-electron chi connectivity index (χ3n) is 2.21. The van der Waals surface area contributed by atoms with Crippen LogP contribution >= 0.6 is 11.6 Å². The summed E-state index contributed by atoms with van der Waals surface area (Å²) in [5, 5.41) is 9.26. The minimum Gasteiger partial charge on any atom is -0.391 e. The van der Waals surface area contributed by atoms with Gasteiger partial charge in [-0.1, -0.05) is 0 Å². The number of aliphatic hydroxyl groups excluding tert-OH is 1. The summed E-state index contributed by atoms with van der Waals surface area (Å²) in [5.74, 6) is 0.314. The Balaban J connectivity index is 2.18. The molecule has 0 radical (unpaired) electrons. The second-order valence-corrected chi connectivity index (χ2v) is 3.52. The Hall–Kier alpha value is 0.170. The summed E-state index contributed by atoms with van der Waals surface area (Å²) in [6.45, 7) is 2.60. The number of methoxy groups -OCH3 is 1. The van der Waals surface area contributed by atoms with Gasteiger partial charge in [0.1, 0.15) is 0 Å². The minimum absolute atomic E-state index is 0.314. The van der Waals surface area contributed by atoms with Gasteiger partial charge in [-0.15, -0.1) is 11.6 Å². The van der Waals surface area contributed by atoms with E-state index >= 15 is 0 Å². The Morgan fingerprint density at radius 3 is 3.00 bits per heavy atom. The monoisotopic (exact) mass is 193 g/mol. The van der Waals surface area contributed by atoms with Crippen LogP contribution in [0.4, 0.5) is 0 Å². The van der Waals surface area contributed by atoms with Gasteiger partial charge in [-0.25, -0.2) is 0 Å². The molecule has 1 N–H and O–H groups in total. The molecule has 4 heteroatoms. The number of β-amino-alcohol motifs (C(OH)–C–C–N with tert-alkyl or cyclic N) is 1. The zero-order valence-electron chi connectivity index (χ0n) is 7.37. The second kappa shape index (κ2) is 5.02. The maximum Gasteiger partial charge on any atom is 0.0802 e. The number of alkyl halides is 1. The molecule has 2 unspecified atom stereocenters. The van der Waals surface area contributed by atoms with Crippen LogP contribution in [0.1, 0.15) is 6.42 Å². The summed E-state index contributed by atoms with van der Waals surface area (Å²) in [6.07, 6.45) is 1.00. The number of halogens is 1. The van der Waals surface area contributed by atoms with Gasteiger partial charge >= 0.3 is 0 Å². The summed E-state index contributed by atoms with van der Waals surface area (Å²) < 4.78 is 5.20. The molecule has 12 heavy (non-hydrogen) atoms. The van der Waals surface area contributed by atoms with E-state index in [-0.39, 0.29) is 0 Å². The number of nitrogens with zero attached hydrogens (tertiary/aromatic N) is 1. The SMILES string of the molecule is COC1CCN(CC(O)CCl)C1. The molecule has 0 aromatic heterocycles. The van der Waals surface area contributed by atoms with E-state index in [1.807, 2.05) is 0 Å². The standard InChI is InChI=1S/C8H16ClNO2/c1-12-8-2-3-10(6-8)5-7(11)4-9/h7-8,11H,2-6H2,1H3. The molecule has 0 aromatic rings. The van der Waals surface area contributed by atoms with Crippen molar-refractivity contribution in [2.75, 3.05) is 32.6 Å². The summed E-state index contributed by atoms with van der Waals surface area (Å²) in [5.41, 5.74) is 0. The molecule has 1 aliphatic rings. The van der Waals surface area contributed by atoms with Gasteiger partial charge in [-0.05, 0) is 6.42 Å². The van der Waals surface area contributed by atoms with Crippen molar-refractivity contribution in [3.05, 3.63) is 0 Å². The Morgan fingerprint density at radius 2 is 2.50 bits per heavy atom. The van der Waals surface area contributed by atoms with E-state index in [1.165, 1.54) is 0 Å². The van der Waals surface area contributed by atoms with Gasteiger partial charge in [-0.2, -0.15) is 0 Å². The first kappa shape index (κ1) is 10.3. The van der Waals surface area contributed by atoms with E-state index in [0.29, 0.717) is 18.5 Å². The van der Waals surface area contributed by atoms with E-state index in [1.54, 1.807) is 7.11 Å². The van der Waals surface area contributed by atoms with Crippen molar-refractivity contribution in [2.24, 2.45) is 0 Å². The summed E-state index contributed by atoms with van der Waals surface area (Å²) >= 11 is 5.49. The van der Waals surface area contributed by atoms with Crippen LogP contribution in [0.5, 0.6) is 0 Å². The van der Waals surface area contributed by atoms with E-state index in [0.717, 1.165) is 19.5 Å². The number of hydrogen-bond acceptors (Lipinski definition) is 3. The summed E-state index contributed by atoms with van der Waals surface area (Å²) in [7, 11) is 1.73. The third-order valence-corrected chi connectivity index (χ3v) is 2.57. The molecule has 1 rings (SSSR count). The average molecular weight is 194 g/mol. The van der Waals surface area contributed by atoms with Gasteiger partial charge in [0.15, 0.2) is 0 Å². The maximum atomic E-state index is 9.26. The predicted molar refractivity (Wildman–Crippen MR) is 48.6 cm³/mol. The van der Waals surface area contributed by atoms with Gasteiger partial charge < -0.3 is 9.84 Å². The average Bonchev–Trinajstić information content (AvgIpc) is 2.52. The number of aliphatic hydroxyl groups is 1. The first-order valence-corrected chi connectivity index (χ1v) is 4.79. The number of rotatable bonds is 4. The van der Waals surface area contributed by atoms with Gasteiger partial charge in [0.25, 0.3) is 0 Å². The van der Waals surface area contributed by atoms with Gasteiger partial charge in [0.05, 0.1) is 12.2 Å². The van der Waals surface area contributed by atoms with Crippen LogP contribution in [0.2, 0.25) is 0 Å². The lowest BCUT2D eigenvalue weighted by atomic mass is 10.3. The molecule has 72 valence electrons. The molecule has 2 atom stereocenters. The van der Waals surface area contributed by atoms with Gasteiger partial charge in [0.2, 0.25) is 0 Å². The Labute approximate surface area is 78.3 Å². The molecule has 0 aliphatic carbocycles. The molecule has 0 bridgehead atoms. The van der Waals surface area contributed by atoms with Crippen LogP contribution in [0.25, 0.3) is 0 Å². The lowest BCUT2D eigenvalue weighted by Crippen LogP contribution is -2.32. The molecule has 1 saturated heterocycles. The first-order valence-electron chi connectivity index (χ1n) is 4.25. The molecule has 0 aromatic carbocycles. The van der Waals surface area contributed by atoms with Crippen molar-refractivity contribution >= 4 is 11.6 Å². The largest absolute Gasteiger partial charge is 0.391 e. The first-order chi connectivity index (χ1) is 5.76. The van der Waals surface area contributed by atoms with Crippen LogP contribution in [-0.2, 0) is 4.74 Å². The zero-order chi connectivity index (χ0) is 8.97. The Morgan fingerprint density at radius 1 is 1.75 bits per heavy atom. The van der Waals surface area contributed by atoms with Crippen LogP contribution in [0.15, 0.2) is 0 Å². The smallest absolute Gasteiger partial charge is 0.0802 e. The van der Waals surface area contributed by atoms with Crippen LogP contribution in [-0.4, -0.2) is 54.8 Å². The van der Waals surface area contributed by atoms with Crippen molar-refractivity contribution in [1.82, 2.24) is 4.90 Å². The molecular weight excluding hydrogens is 178 g/mol. The highest BCUT2D eigenvalue weighted by molar-refractivity contribution is 6.18. The molecule has 0 spiro atoms. The summed E-state index contributed by atoms with van der Waals surface area (Å²) in [4.78, 5) is 2.18.